The summed E-state index contributed by atoms with van der Waals surface area (Å²) in [5.74, 6) is -0.516. The van der Waals surface area contributed by atoms with Crippen LogP contribution in [-0.4, -0.2) is 24.3 Å². The highest BCUT2D eigenvalue weighted by atomic mass is 16.2. The first-order valence-corrected chi connectivity index (χ1v) is 7.51. The molecule has 6 heteroatoms. The van der Waals surface area contributed by atoms with E-state index in [0.717, 1.165) is 5.56 Å². The number of carbonyl (C=O) groups is 3. The summed E-state index contributed by atoms with van der Waals surface area (Å²) in [6.45, 7) is 1.75. The van der Waals surface area contributed by atoms with Crippen molar-refractivity contribution in [1.82, 2.24) is 10.6 Å². The molecule has 0 saturated heterocycles. The molecule has 124 valence electrons. The van der Waals surface area contributed by atoms with Crippen LogP contribution in [0.3, 0.4) is 0 Å². The number of ketones is 1. The number of nitrogens with one attached hydrogen (secondary N) is 3. The molecule has 2 aromatic rings. The summed E-state index contributed by atoms with van der Waals surface area (Å²) in [6.07, 6.45) is 0. The van der Waals surface area contributed by atoms with E-state index in [-0.39, 0.29) is 12.3 Å². The van der Waals surface area contributed by atoms with Crippen LogP contribution in [0.25, 0.3) is 0 Å². The summed E-state index contributed by atoms with van der Waals surface area (Å²) in [5.41, 5.74) is 2.14. The van der Waals surface area contributed by atoms with Crippen LogP contribution in [0.5, 0.6) is 0 Å². The zero-order valence-corrected chi connectivity index (χ0v) is 13.3. The summed E-state index contributed by atoms with van der Waals surface area (Å²) < 4.78 is 0. The number of hydrogen-bond donors (Lipinski definition) is 3. The van der Waals surface area contributed by atoms with Crippen molar-refractivity contribution >= 4 is 23.4 Å². The lowest BCUT2D eigenvalue weighted by Crippen LogP contribution is -2.41. The smallest absolute Gasteiger partial charge is 0.321 e. The molecule has 0 heterocycles. The fourth-order valence-corrected chi connectivity index (χ4v) is 2.02. The third-order valence-electron chi connectivity index (χ3n) is 3.27. The Kier molecular flexibility index (Phi) is 6.08. The van der Waals surface area contributed by atoms with Crippen molar-refractivity contribution in [3.05, 3.63) is 65.7 Å². The maximum atomic E-state index is 11.8. The maximum absolute atomic E-state index is 11.8. The van der Waals surface area contributed by atoms with Crippen LogP contribution in [0, 0.1) is 0 Å². The van der Waals surface area contributed by atoms with Gasteiger partial charge < -0.3 is 10.6 Å². The molecule has 24 heavy (non-hydrogen) atoms. The Hall–Kier alpha value is -3.15. The van der Waals surface area contributed by atoms with E-state index in [1.807, 2.05) is 30.3 Å². The van der Waals surface area contributed by atoms with Crippen LogP contribution >= 0.6 is 0 Å². The number of hydrogen-bond acceptors (Lipinski definition) is 4. The van der Waals surface area contributed by atoms with Crippen LogP contribution in [0.1, 0.15) is 22.8 Å². The largest absolute Gasteiger partial charge is 0.376 e. The van der Waals surface area contributed by atoms with Crippen LogP contribution in [0.15, 0.2) is 54.6 Å². The van der Waals surface area contributed by atoms with Crippen molar-refractivity contribution in [2.24, 2.45) is 0 Å². The van der Waals surface area contributed by atoms with Crippen molar-refractivity contribution in [3.63, 3.8) is 0 Å². The number of benzene rings is 2. The van der Waals surface area contributed by atoms with Gasteiger partial charge in [-0.1, -0.05) is 42.5 Å². The summed E-state index contributed by atoms with van der Waals surface area (Å²) in [4.78, 5) is 34.7. The zero-order chi connectivity index (χ0) is 17.4. The van der Waals surface area contributed by atoms with E-state index in [2.05, 4.69) is 16.0 Å². The lowest BCUT2D eigenvalue weighted by molar-refractivity contribution is -0.118. The molecule has 0 aromatic heterocycles. The average Bonchev–Trinajstić information content (AvgIpc) is 2.59. The molecule has 3 amide bonds. The number of urea groups is 1. The molecule has 3 N–H and O–H groups in total. The SMILES string of the molecule is CC(=O)c1cccc(NCC(=O)NC(=O)NCc2ccccc2)c1. The molecular formula is C18H19N3O3. The van der Waals surface area contributed by atoms with Gasteiger partial charge in [0, 0.05) is 17.8 Å². The van der Waals surface area contributed by atoms with Gasteiger partial charge in [-0.25, -0.2) is 4.79 Å². The van der Waals surface area contributed by atoms with Crippen LogP contribution < -0.4 is 16.0 Å². The topological polar surface area (TPSA) is 87.3 Å². The highest BCUT2D eigenvalue weighted by Crippen LogP contribution is 2.10. The molecule has 0 aliphatic rings. The minimum absolute atomic E-state index is 0.0524. The van der Waals surface area contributed by atoms with E-state index in [1.165, 1.54) is 6.92 Å². The van der Waals surface area contributed by atoms with Gasteiger partial charge in [0.1, 0.15) is 0 Å². The summed E-state index contributed by atoms with van der Waals surface area (Å²) in [7, 11) is 0. The summed E-state index contributed by atoms with van der Waals surface area (Å²) in [6, 6.07) is 15.7. The van der Waals surface area contributed by atoms with Crippen LogP contribution in [0.2, 0.25) is 0 Å². The Morgan fingerprint density at radius 2 is 1.71 bits per heavy atom. The van der Waals surface area contributed by atoms with Crippen molar-refractivity contribution in [3.8, 4) is 0 Å². The van der Waals surface area contributed by atoms with Gasteiger partial charge in [0.25, 0.3) is 0 Å². The third kappa shape index (κ3) is 5.57. The van der Waals surface area contributed by atoms with E-state index in [1.54, 1.807) is 24.3 Å². The second-order valence-corrected chi connectivity index (χ2v) is 5.21. The molecule has 0 atom stereocenters. The molecule has 6 nitrogen and oxygen atoms in total. The van der Waals surface area contributed by atoms with Gasteiger partial charge in [-0.05, 0) is 24.6 Å². The Morgan fingerprint density at radius 3 is 2.42 bits per heavy atom. The molecule has 0 spiro atoms. The van der Waals surface area contributed by atoms with Gasteiger partial charge in [0.15, 0.2) is 5.78 Å². The Labute approximate surface area is 140 Å². The van der Waals surface area contributed by atoms with E-state index in [0.29, 0.717) is 17.8 Å². The van der Waals surface area contributed by atoms with Gasteiger partial charge >= 0.3 is 6.03 Å². The van der Waals surface area contributed by atoms with Crippen LogP contribution in [0.4, 0.5) is 10.5 Å². The Morgan fingerprint density at radius 1 is 0.958 bits per heavy atom. The lowest BCUT2D eigenvalue weighted by Gasteiger charge is -2.09. The number of amides is 3. The molecule has 0 saturated carbocycles. The van der Waals surface area contributed by atoms with E-state index in [4.69, 9.17) is 0 Å². The molecule has 0 aliphatic carbocycles. The number of carbonyl (C=O) groups excluding carboxylic acids is 3. The summed E-state index contributed by atoms with van der Waals surface area (Å²) >= 11 is 0. The van der Waals surface area contributed by atoms with Gasteiger partial charge in [-0.15, -0.1) is 0 Å². The molecule has 0 aliphatic heterocycles. The molecule has 0 bridgehead atoms. The van der Waals surface area contributed by atoms with Crippen molar-refractivity contribution in [2.75, 3.05) is 11.9 Å². The second kappa shape index (κ2) is 8.47. The van der Waals surface area contributed by atoms with Crippen molar-refractivity contribution < 1.29 is 14.4 Å². The number of imide groups is 1. The van der Waals surface area contributed by atoms with Gasteiger partial charge in [-0.3, -0.25) is 14.9 Å². The van der Waals surface area contributed by atoms with Crippen molar-refractivity contribution in [2.45, 2.75) is 13.5 Å². The molecular weight excluding hydrogens is 306 g/mol. The number of anilines is 1. The third-order valence-corrected chi connectivity index (χ3v) is 3.27. The minimum atomic E-state index is -0.553. The van der Waals surface area contributed by atoms with E-state index in [9.17, 15) is 14.4 Å². The second-order valence-electron chi connectivity index (χ2n) is 5.21. The van der Waals surface area contributed by atoms with E-state index >= 15 is 0 Å². The monoisotopic (exact) mass is 325 g/mol. The Bertz CT molecular complexity index is 729. The maximum Gasteiger partial charge on any atom is 0.321 e. The summed E-state index contributed by atoms with van der Waals surface area (Å²) in [5, 5.41) is 7.72. The molecule has 0 radical (unpaired) electrons. The predicted molar refractivity (Wildman–Crippen MR) is 91.8 cm³/mol. The molecule has 0 unspecified atom stereocenters. The standard InChI is InChI=1S/C18H19N3O3/c1-13(22)15-8-5-9-16(10-15)19-12-17(23)21-18(24)20-11-14-6-3-2-4-7-14/h2-10,19H,11-12H2,1H3,(H2,20,21,23,24). The quantitative estimate of drug-likeness (QED) is 0.711. The zero-order valence-electron chi connectivity index (χ0n) is 13.3. The number of Topliss-reactive ketones (excluding diaryl/α,β-unsaturated/α-hetero) is 1. The first-order valence-electron chi connectivity index (χ1n) is 7.51. The average molecular weight is 325 g/mol. The normalized spacial score (nSPS) is 9.88. The highest BCUT2D eigenvalue weighted by Gasteiger charge is 2.07. The lowest BCUT2D eigenvalue weighted by atomic mass is 10.1. The Balaban J connectivity index is 1.75. The highest BCUT2D eigenvalue weighted by molar-refractivity contribution is 5.97. The predicted octanol–water partition coefficient (Wildman–Crippen LogP) is 2.33. The van der Waals surface area contributed by atoms with Gasteiger partial charge in [0.2, 0.25) is 5.91 Å². The first kappa shape index (κ1) is 17.2. The van der Waals surface area contributed by atoms with Gasteiger partial charge in [0.05, 0.1) is 6.54 Å². The van der Waals surface area contributed by atoms with Crippen molar-refractivity contribution in [1.29, 1.82) is 0 Å². The van der Waals surface area contributed by atoms with Gasteiger partial charge in [-0.2, -0.15) is 0 Å². The minimum Gasteiger partial charge on any atom is -0.376 e. The molecule has 2 aromatic carbocycles. The molecule has 0 fully saturated rings. The fourth-order valence-electron chi connectivity index (χ4n) is 2.02. The fraction of sp³-hybridized carbons (Fsp3) is 0.167. The number of rotatable bonds is 6. The first-order chi connectivity index (χ1) is 11.5. The van der Waals surface area contributed by atoms with Crippen LogP contribution in [-0.2, 0) is 11.3 Å². The van der Waals surface area contributed by atoms with E-state index < -0.39 is 11.9 Å². The molecule has 2 rings (SSSR count).